The Hall–Kier alpha value is -1.88. The van der Waals surface area contributed by atoms with E-state index in [1.54, 1.807) is 18.2 Å². The van der Waals surface area contributed by atoms with Crippen molar-refractivity contribution in [2.45, 2.75) is 6.61 Å². The van der Waals surface area contributed by atoms with E-state index in [9.17, 15) is 4.79 Å². The highest BCUT2D eigenvalue weighted by Crippen LogP contribution is 2.13. The van der Waals surface area contributed by atoms with Crippen LogP contribution in [0.3, 0.4) is 0 Å². The molecule has 4 nitrogen and oxygen atoms in total. The first-order valence-corrected chi connectivity index (χ1v) is 6.08. The van der Waals surface area contributed by atoms with Crippen LogP contribution >= 0.6 is 15.9 Å². The summed E-state index contributed by atoms with van der Waals surface area (Å²) in [6.45, 7) is 0.203. The molecular formula is C13H11BrN2O2. The van der Waals surface area contributed by atoms with Crippen LogP contribution in [-0.4, -0.2) is 11.0 Å². The number of hydrogen-bond acceptors (Lipinski definition) is 4. The molecule has 2 aromatic rings. The minimum atomic E-state index is -0.484. The second-order valence-corrected chi connectivity index (χ2v) is 4.57. The first kappa shape index (κ1) is 12.6. The molecule has 0 saturated carbocycles. The molecule has 1 aromatic heterocycles. The van der Waals surface area contributed by atoms with Gasteiger partial charge in [0, 0.05) is 4.47 Å². The quantitative estimate of drug-likeness (QED) is 0.886. The summed E-state index contributed by atoms with van der Waals surface area (Å²) in [5, 5.41) is 0. The monoisotopic (exact) mass is 306 g/mol. The van der Waals surface area contributed by atoms with Crippen LogP contribution in [-0.2, 0) is 11.3 Å². The molecule has 5 heteroatoms. The van der Waals surface area contributed by atoms with Gasteiger partial charge in [0.15, 0.2) is 5.69 Å². The lowest BCUT2D eigenvalue weighted by Crippen LogP contribution is -2.08. The van der Waals surface area contributed by atoms with Crippen LogP contribution in [0.15, 0.2) is 46.9 Å². The number of nitrogen functional groups attached to an aromatic ring is 1. The molecule has 0 spiro atoms. The van der Waals surface area contributed by atoms with E-state index in [1.807, 2.05) is 24.3 Å². The Morgan fingerprint density at radius 2 is 2.06 bits per heavy atom. The SMILES string of the molecule is Nc1cccc(C(=O)OCc2cccc(Br)c2)n1. The van der Waals surface area contributed by atoms with E-state index in [0.29, 0.717) is 5.82 Å². The predicted molar refractivity (Wildman–Crippen MR) is 71.9 cm³/mol. The van der Waals surface area contributed by atoms with E-state index >= 15 is 0 Å². The standard InChI is InChI=1S/C13H11BrN2O2/c14-10-4-1-3-9(7-10)8-18-13(17)11-5-2-6-12(15)16-11/h1-7H,8H2,(H2,15,16). The molecule has 0 fully saturated rings. The maximum atomic E-state index is 11.7. The molecule has 0 aliphatic rings. The summed E-state index contributed by atoms with van der Waals surface area (Å²) in [5.41, 5.74) is 6.62. The van der Waals surface area contributed by atoms with Crippen molar-refractivity contribution in [3.63, 3.8) is 0 Å². The van der Waals surface area contributed by atoms with Gasteiger partial charge in [0.05, 0.1) is 0 Å². The summed E-state index contributed by atoms with van der Waals surface area (Å²) >= 11 is 3.35. The fourth-order valence-corrected chi connectivity index (χ4v) is 1.86. The fourth-order valence-electron chi connectivity index (χ4n) is 1.41. The minimum absolute atomic E-state index is 0.203. The number of ether oxygens (including phenoxy) is 1. The molecule has 0 aliphatic carbocycles. The predicted octanol–water partition coefficient (Wildman–Crippen LogP) is 2.78. The second-order valence-electron chi connectivity index (χ2n) is 3.65. The lowest BCUT2D eigenvalue weighted by molar-refractivity contribution is 0.0466. The summed E-state index contributed by atoms with van der Waals surface area (Å²) in [6, 6.07) is 12.4. The van der Waals surface area contributed by atoms with Gasteiger partial charge in [-0.3, -0.25) is 0 Å². The van der Waals surface area contributed by atoms with Gasteiger partial charge < -0.3 is 10.5 Å². The minimum Gasteiger partial charge on any atom is -0.456 e. The zero-order chi connectivity index (χ0) is 13.0. The summed E-state index contributed by atoms with van der Waals surface area (Å²) in [6.07, 6.45) is 0. The number of hydrogen-bond donors (Lipinski definition) is 1. The molecule has 0 aliphatic heterocycles. The van der Waals surface area contributed by atoms with Crippen LogP contribution < -0.4 is 5.73 Å². The number of carbonyl (C=O) groups excluding carboxylic acids is 1. The number of aromatic nitrogens is 1. The Balaban J connectivity index is 2.00. The van der Waals surface area contributed by atoms with Crippen molar-refractivity contribution >= 4 is 27.7 Å². The molecule has 92 valence electrons. The average molecular weight is 307 g/mol. The van der Waals surface area contributed by atoms with Crippen molar-refractivity contribution in [1.82, 2.24) is 4.98 Å². The van der Waals surface area contributed by atoms with Crippen LogP contribution in [0.5, 0.6) is 0 Å². The van der Waals surface area contributed by atoms with Gasteiger partial charge in [0.25, 0.3) is 0 Å². The van der Waals surface area contributed by atoms with Crippen LogP contribution in [0.25, 0.3) is 0 Å². The highest BCUT2D eigenvalue weighted by atomic mass is 79.9. The molecule has 0 amide bonds. The largest absolute Gasteiger partial charge is 0.456 e. The van der Waals surface area contributed by atoms with Crippen LogP contribution in [0, 0.1) is 0 Å². The average Bonchev–Trinajstić information content (AvgIpc) is 2.36. The summed E-state index contributed by atoms with van der Waals surface area (Å²) in [5.74, 6) is -0.186. The van der Waals surface area contributed by atoms with Crippen LogP contribution in [0.2, 0.25) is 0 Å². The van der Waals surface area contributed by atoms with Crippen molar-refractivity contribution in [3.8, 4) is 0 Å². The van der Waals surface area contributed by atoms with Gasteiger partial charge in [0.2, 0.25) is 0 Å². The smallest absolute Gasteiger partial charge is 0.357 e. The molecule has 0 atom stereocenters. The maximum absolute atomic E-state index is 11.7. The second kappa shape index (κ2) is 5.64. The number of benzene rings is 1. The van der Waals surface area contributed by atoms with Gasteiger partial charge in [-0.25, -0.2) is 9.78 Å². The molecule has 2 rings (SSSR count). The highest BCUT2D eigenvalue weighted by molar-refractivity contribution is 9.10. The van der Waals surface area contributed by atoms with E-state index in [0.717, 1.165) is 10.0 Å². The van der Waals surface area contributed by atoms with Gasteiger partial charge >= 0.3 is 5.97 Å². The first-order chi connectivity index (χ1) is 8.65. The Kier molecular flexibility index (Phi) is 3.94. The van der Waals surface area contributed by atoms with E-state index in [4.69, 9.17) is 10.5 Å². The molecule has 0 radical (unpaired) electrons. The zero-order valence-electron chi connectivity index (χ0n) is 9.47. The molecular weight excluding hydrogens is 296 g/mol. The van der Waals surface area contributed by atoms with E-state index in [-0.39, 0.29) is 12.3 Å². The highest BCUT2D eigenvalue weighted by Gasteiger charge is 2.09. The molecule has 0 unspecified atom stereocenters. The van der Waals surface area contributed by atoms with Gasteiger partial charge in [-0.1, -0.05) is 34.1 Å². The third-order valence-electron chi connectivity index (χ3n) is 2.24. The molecule has 0 saturated heterocycles. The number of halogens is 1. The Morgan fingerprint density at radius 1 is 1.28 bits per heavy atom. The molecule has 2 N–H and O–H groups in total. The molecule has 1 aromatic carbocycles. The zero-order valence-corrected chi connectivity index (χ0v) is 11.1. The normalized spacial score (nSPS) is 10.1. The molecule has 1 heterocycles. The number of esters is 1. The van der Waals surface area contributed by atoms with Crippen molar-refractivity contribution in [1.29, 1.82) is 0 Å². The van der Waals surface area contributed by atoms with E-state index in [1.165, 1.54) is 0 Å². The van der Waals surface area contributed by atoms with Crippen LogP contribution in [0.4, 0.5) is 5.82 Å². The van der Waals surface area contributed by atoms with Gasteiger partial charge in [-0.2, -0.15) is 0 Å². The number of anilines is 1. The van der Waals surface area contributed by atoms with Crippen molar-refractivity contribution in [2.75, 3.05) is 5.73 Å². The number of nitrogens with zero attached hydrogens (tertiary/aromatic N) is 1. The lowest BCUT2D eigenvalue weighted by Gasteiger charge is -2.05. The summed E-state index contributed by atoms with van der Waals surface area (Å²) < 4.78 is 6.09. The van der Waals surface area contributed by atoms with Gasteiger partial charge in [-0.15, -0.1) is 0 Å². The molecule has 0 bridgehead atoms. The third-order valence-corrected chi connectivity index (χ3v) is 2.73. The van der Waals surface area contributed by atoms with E-state index < -0.39 is 5.97 Å². The number of pyridine rings is 1. The molecule has 18 heavy (non-hydrogen) atoms. The maximum Gasteiger partial charge on any atom is 0.357 e. The fraction of sp³-hybridized carbons (Fsp3) is 0.0769. The number of rotatable bonds is 3. The van der Waals surface area contributed by atoms with Gasteiger partial charge in [0.1, 0.15) is 12.4 Å². The Labute approximate surface area is 113 Å². The van der Waals surface area contributed by atoms with Gasteiger partial charge in [-0.05, 0) is 29.8 Å². The Bertz CT molecular complexity index is 572. The lowest BCUT2D eigenvalue weighted by atomic mass is 10.2. The first-order valence-electron chi connectivity index (χ1n) is 5.29. The van der Waals surface area contributed by atoms with E-state index in [2.05, 4.69) is 20.9 Å². The Morgan fingerprint density at radius 3 is 2.78 bits per heavy atom. The third kappa shape index (κ3) is 3.30. The number of carbonyl (C=O) groups is 1. The number of nitrogens with two attached hydrogens (primary N) is 1. The summed E-state index contributed by atoms with van der Waals surface area (Å²) in [7, 11) is 0. The van der Waals surface area contributed by atoms with Crippen molar-refractivity contribution in [3.05, 3.63) is 58.2 Å². The topological polar surface area (TPSA) is 65.2 Å². The summed E-state index contributed by atoms with van der Waals surface area (Å²) in [4.78, 5) is 15.6. The van der Waals surface area contributed by atoms with Crippen molar-refractivity contribution < 1.29 is 9.53 Å². The van der Waals surface area contributed by atoms with Crippen molar-refractivity contribution in [2.24, 2.45) is 0 Å². The van der Waals surface area contributed by atoms with Crippen LogP contribution in [0.1, 0.15) is 16.1 Å².